The highest BCUT2D eigenvalue weighted by molar-refractivity contribution is 6.33. The number of rotatable bonds is 3. The monoisotopic (exact) mass is 354 g/mol. The van der Waals surface area contributed by atoms with Crippen molar-refractivity contribution in [3.63, 3.8) is 0 Å². The number of phenols is 1. The van der Waals surface area contributed by atoms with Crippen molar-refractivity contribution in [3.05, 3.63) is 101 Å². The molecule has 1 aliphatic heterocycles. The molecule has 0 radical (unpaired) electrons. The Morgan fingerprint density at radius 2 is 1.56 bits per heavy atom. The molecule has 1 N–H and O–H groups in total. The minimum Gasteiger partial charge on any atom is -0.508 e. The number of benzene rings is 3. The van der Waals surface area contributed by atoms with Gasteiger partial charge < -0.3 is 5.11 Å². The Kier molecular flexibility index (Phi) is 4.30. The summed E-state index contributed by atoms with van der Waals surface area (Å²) in [5.41, 5.74) is 3.96. The molecule has 0 aliphatic carbocycles. The molecule has 0 unspecified atom stereocenters. The Bertz CT molecular complexity index is 1030. The highest BCUT2D eigenvalue weighted by Gasteiger charge is 2.32. The minimum atomic E-state index is -0.194. The third kappa shape index (κ3) is 3.37. The van der Waals surface area contributed by atoms with E-state index in [9.17, 15) is 9.90 Å². The first kappa shape index (κ1) is 16.8. The summed E-state index contributed by atoms with van der Waals surface area (Å²) in [7, 11) is 0. The van der Waals surface area contributed by atoms with Gasteiger partial charge in [-0.05, 0) is 42.8 Å². The number of phenolic OH excluding ortho intramolecular Hbond substituents is 1. The molecule has 0 saturated carbocycles. The maximum absolute atomic E-state index is 13.1. The van der Waals surface area contributed by atoms with Crippen molar-refractivity contribution in [2.45, 2.75) is 6.92 Å². The van der Waals surface area contributed by atoms with Gasteiger partial charge in [-0.25, -0.2) is 4.99 Å². The van der Waals surface area contributed by atoms with Crippen LogP contribution in [0.15, 0.2) is 89.6 Å². The molecule has 0 saturated heterocycles. The van der Waals surface area contributed by atoms with Gasteiger partial charge in [0, 0.05) is 5.56 Å². The fourth-order valence-electron chi connectivity index (χ4n) is 2.96. The van der Waals surface area contributed by atoms with Crippen LogP contribution in [0, 0.1) is 6.92 Å². The van der Waals surface area contributed by atoms with E-state index in [1.165, 1.54) is 0 Å². The van der Waals surface area contributed by atoms with E-state index in [1.807, 2.05) is 61.5 Å². The molecule has 0 spiro atoms. The molecular weight excluding hydrogens is 336 g/mol. The molecular formula is C23H18N2O2. The number of amidine groups is 1. The van der Waals surface area contributed by atoms with Gasteiger partial charge in [0.2, 0.25) is 0 Å². The lowest BCUT2D eigenvalue weighted by molar-refractivity contribution is -0.113. The molecule has 1 amide bonds. The summed E-state index contributed by atoms with van der Waals surface area (Å²) in [6.07, 6.45) is 1.79. The zero-order valence-corrected chi connectivity index (χ0v) is 14.8. The molecule has 3 aromatic carbocycles. The number of hydrogen-bond donors (Lipinski definition) is 1. The lowest BCUT2D eigenvalue weighted by Crippen LogP contribution is -2.32. The van der Waals surface area contributed by atoms with Crippen LogP contribution in [0.1, 0.15) is 16.7 Å². The fraction of sp³-hybridized carbons (Fsp3) is 0.0435. The third-order valence-electron chi connectivity index (χ3n) is 4.38. The molecule has 0 fully saturated rings. The molecule has 27 heavy (non-hydrogen) atoms. The van der Waals surface area contributed by atoms with E-state index < -0.39 is 0 Å². The standard InChI is InChI=1S/C23H18N2O2/c1-16-7-9-18(10-8-16)22-24-21(15-17-5-3-2-4-6-17)23(27)25(22)19-11-13-20(26)14-12-19/h2-15,26H,1H3/b21-15+. The van der Waals surface area contributed by atoms with Crippen LogP contribution in [0.2, 0.25) is 0 Å². The molecule has 0 bridgehead atoms. The molecule has 4 heteroatoms. The molecule has 0 atom stereocenters. The molecule has 1 heterocycles. The summed E-state index contributed by atoms with van der Waals surface area (Å²) in [5.74, 6) is 0.535. The Balaban J connectivity index is 1.82. The minimum absolute atomic E-state index is 0.152. The summed E-state index contributed by atoms with van der Waals surface area (Å²) in [4.78, 5) is 19.3. The predicted molar refractivity (Wildman–Crippen MR) is 108 cm³/mol. The second-order valence-corrected chi connectivity index (χ2v) is 6.40. The average molecular weight is 354 g/mol. The highest BCUT2D eigenvalue weighted by Crippen LogP contribution is 2.29. The number of amides is 1. The summed E-state index contributed by atoms with van der Waals surface area (Å²) >= 11 is 0. The van der Waals surface area contributed by atoms with Crippen LogP contribution >= 0.6 is 0 Å². The predicted octanol–water partition coefficient (Wildman–Crippen LogP) is 4.54. The van der Waals surface area contributed by atoms with Crippen molar-refractivity contribution in [1.82, 2.24) is 0 Å². The van der Waals surface area contributed by atoms with Crippen molar-refractivity contribution in [2.75, 3.05) is 4.90 Å². The smallest absolute Gasteiger partial charge is 0.282 e. The van der Waals surface area contributed by atoms with Gasteiger partial charge in [0.05, 0.1) is 5.69 Å². The number of aromatic hydroxyl groups is 1. The van der Waals surface area contributed by atoms with Crippen LogP contribution in [-0.2, 0) is 4.79 Å². The van der Waals surface area contributed by atoms with Crippen molar-refractivity contribution < 1.29 is 9.90 Å². The zero-order valence-electron chi connectivity index (χ0n) is 14.8. The van der Waals surface area contributed by atoms with E-state index in [4.69, 9.17) is 0 Å². The summed E-state index contributed by atoms with van der Waals surface area (Å²) in [6, 6.07) is 24.1. The largest absolute Gasteiger partial charge is 0.508 e. The summed E-state index contributed by atoms with van der Waals surface area (Å²) in [5, 5.41) is 9.58. The number of anilines is 1. The Morgan fingerprint density at radius 1 is 0.889 bits per heavy atom. The number of aryl methyl sites for hydroxylation is 1. The van der Waals surface area contributed by atoms with E-state index in [0.717, 1.165) is 16.7 Å². The van der Waals surface area contributed by atoms with Crippen LogP contribution in [0.5, 0.6) is 5.75 Å². The zero-order chi connectivity index (χ0) is 18.8. The van der Waals surface area contributed by atoms with E-state index in [0.29, 0.717) is 17.2 Å². The van der Waals surface area contributed by atoms with Crippen LogP contribution in [0.4, 0.5) is 5.69 Å². The maximum Gasteiger partial charge on any atom is 0.282 e. The number of carbonyl (C=O) groups is 1. The second kappa shape index (κ2) is 6.92. The molecule has 4 rings (SSSR count). The molecule has 4 nitrogen and oxygen atoms in total. The number of hydrogen-bond acceptors (Lipinski definition) is 3. The quantitative estimate of drug-likeness (QED) is 0.702. The third-order valence-corrected chi connectivity index (χ3v) is 4.38. The molecule has 0 aromatic heterocycles. The number of nitrogens with zero attached hydrogens (tertiary/aromatic N) is 2. The summed E-state index contributed by atoms with van der Waals surface area (Å²) < 4.78 is 0. The van der Waals surface area contributed by atoms with Gasteiger partial charge in [0.25, 0.3) is 5.91 Å². The van der Waals surface area contributed by atoms with Crippen molar-refractivity contribution in [1.29, 1.82) is 0 Å². The lowest BCUT2D eigenvalue weighted by atomic mass is 10.1. The highest BCUT2D eigenvalue weighted by atomic mass is 16.3. The Morgan fingerprint density at radius 3 is 2.22 bits per heavy atom. The van der Waals surface area contributed by atoms with Crippen molar-refractivity contribution >= 4 is 23.5 Å². The SMILES string of the molecule is Cc1ccc(C2=N/C(=C/c3ccccc3)C(=O)N2c2ccc(O)cc2)cc1. The van der Waals surface area contributed by atoms with Crippen LogP contribution in [-0.4, -0.2) is 16.8 Å². The van der Waals surface area contributed by atoms with Gasteiger partial charge in [-0.3, -0.25) is 9.69 Å². The first-order valence-electron chi connectivity index (χ1n) is 8.68. The van der Waals surface area contributed by atoms with Crippen LogP contribution < -0.4 is 4.90 Å². The van der Waals surface area contributed by atoms with Crippen LogP contribution in [0.25, 0.3) is 6.08 Å². The van der Waals surface area contributed by atoms with E-state index in [-0.39, 0.29) is 11.7 Å². The van der Waals surface area contributed by atoms with Gasteiger partial charge in [-0.2, -0.15) is 0 Å². The molecule has 3 aromatic rings. The van der Waals surface area contributed by atoms with Gasteiger partial charge >= 0.3 is 0 Å². The van der Waals surface area contributed by atoms with Crippen molar-refractivity contribution in [3.8, 4) is 5.75 Å². The average Bonchev–Trinajstić information content (AvgIpc) is 3.00. The van der Waals surface area contributed by atoms with Gasteiger partial charge in [0.1, 0.15) is 17.3 Å². The molecule has 132 valence electrons. The maximum atomic E-state index is 13.1. The topological polar surface area (TPSA) is 52.9 Å². The number of carbonyl (C=O) groups excluding carboxylic acids is 1. The molecule has 1 aliphatic rings. The van der Waals surface area contributed by atoms with Crippen molar-refractivity contribution in [2.24, 2.45) is 4.99 Å². The fourth-order valence-corrected chi connectivity index (χ4v) is 2.96. The van der Waals surface area contributed by atoms with E-state index in [2.05, 4.69) is 4.99 Å². The van der Waals surface area contributed by atoms with Gasteiger partial charge in [0.15, 0.2) is 0 Å². The number of aliphatic imine (C=N–C) groups is 1. The Hall–Kier alpha value is -3.66. The Labute approximate surface area is 157 Å². The van der Waals surface area contributed by atoms with E-state index >= 15 is 0 Å². The second-order valence-electron chi connectivity index (χ2n) is 6.40. The normalized spacial score (nSPS) is 15.3. The first-order valence-corrected chi connectivity index (χ1v) is 8.68. The lowest BCUT2D eigenvalue weighted by Gasteiger charge is -2.18. The van der Waals surface area contributed by atoms with Gasteiger partial charge in [-0.1, -0.05) is 60.2 Å². The van der Waals surface area contributed by atoms with Gasteiger partial charge in [-0.15, -0.1) is 0 Å². The first-order chi connectivity index (χ1) is 13.1. The van der Waals surface area contributed by atoms with E-state index in [1.54, 1.807) is 35.2 Å². The van der Waals surface area contributed by atoms with Crippen LogP contribution in [0.3, 0.4) is 0 Å². The summed E-state index contributed by atoms with van der Waals surface area (Å²) in [6.45, 7) is 2.02.